The quantitative estimate of drug-likeness (QED) is 0.772. The lowest BCUT2D eigenvalue weighted by atomic mass is 9.99. The zero-order chi connectivity index (χ0) is 15.1. The van der Waals surface area contributed by atoms with Crippen LogP contribution in [0.25, 0.3) is 0 Å². The summed E-state index contributed by atoms with van der Waals surface area (Å²) >= 11 is 5.46. The number of unbranched alkanes of at least 4 members (excludes halogenated alkanes) is 1. The monoisotopic (exact) mass is 305 g/mol. The van der Waals surface area contributed by atoms with Crippen LogP contribution in [0.15, 0.2) is 30.3 Å². The Hall–Kier alpha value is -1.13. The molecule has 0 amide bonds. The van der Waals surface area contributed by atoms with Crippen LogP contribution < -0.4 is 10.2 Å². The van der Waals surface area contributed by atoms with Crippen LogP contribution in [0.2, 0.25) is 0 Å². The fourth-order valence-electron chi connectivity index (χ4n) is 2.80. The Balaban J connectivity index is 1.95. The number of rotatable bonds is 7. The molecular formula is C17H27N3S. The van der Waals surface area contributed by atoms with Crippen LogP contribution in [0.3, 0.4) is 0 Å². The number of nitrogens with one attached hydrogen (secondary N) is 1. The van der Waals surface area contributed by atoms with Crippen LogP contribution in [0.4, 0.5) is 5.69 Å². The molecule has 0 radical (unpaired) electrons. The molecule has 116 valence electrons. The zero-order valence-corrected chi connectivity index (χ0v) is 14.0. The Morgan fingerprint density at radius 3 is 2.67 bits per heavy atom. The SMILES string of the molecule is CCCC[C@@H](CC)CN1CNC(=S)N(c2ccccc2)C1. The van der Waals surface area contributed by atoms with Crippen molar-refractivity contribution in [3.63, 3.8) is 0 Å². The normalized spacial score (nSPS) is 17.6. The number of nitrogens with zero attached hydrogens (tertiary/aromatic N) is 2. The van der Waals surface area contributed by atoms with E-state index >= 15 is 0 Å². The van der Waals surface area contributed by atoms with Gasteiger partial charge in [-0.05, 0) is 36.7 Å². The molecule has 1 heterocycles. The van der Waals surface area contributed by atoms with Crippen LogP contribution >= 0.6 is 12.2 Å². The zero-order valence-electron chi connectivity index (χ0n) is 13.2. The van der Waals surface area contributed by atoms with Gasteiger partial charge in [-0.25, -0.2) is 0 Å². The van der Waals surface area contributed by atoms with Crippen LogP contribution in [0, 0.1) is 5.92 Å². The lowest BCUT2D eigenvalue weighted by molar-refractivity contribution is 0.209. The molecule has 1 N–H and O–H groups in total. The van der Waals surface area contributed by atoms with Gasteiger partial charge in [0.1, 0.15) is 0 Å². The van der Waals surface area contributed by atoms with Crippen molar-refractivity contribution in [1.29, 1.82) is 0 Å². The first-order chi connectivity index (χ1) is 10.2. The third kappa shape index (κ3) is 4.68. The van der Waals surface area contributed by atoms with E-state index in [1.165, 1.54) is 31.4 Å². The number of hydrogen-bond donors (Lipinski definition) is 1. The Labute approximate surface area is 134 Å². The molecule has 4 heteroatoms. The molecule has 1 fully saturated rings. The van der Waals surface area contributed by atoms with Gasteiger partial charge in [-0.2, -0.15) is 0 Å². The molecule has 1 aliphatic heterocycles. The van der Waals surface area contributed by atoms with Gasteiger partial charge in [0.2, 0.25) is 0 Å². The van der Waals surface area contributed by atoms with Gasteiger partial charge >= 0.3 is 0 Å². The highest BCUT2D eigenvalue weighted by Crippen LogP contribution is 2.19. The van der Waals surface area contributed by atoms with Crippen molar-refractivity contribution < 1.29 is 0 Å². The second-order valence-electron chi connectivity index (χ2n) is 5.81. The van der Waals surface area contributed by atoms with Gasteiger partial charge in [0.25, 0.3) is 0 Å². The van der Waals surface area contributed by atoms with Crippen molar-refractivity contribution in [2.24, 2.45) is 5.92 Å². The van der Waals surface area contributed by atoms with Crippen molar-refractivity contribution >= 4 is 23.0 Å². The summed E-state index contributed by atoms with van der Waals surface area (Å²) in [5.74, 6) is 0.788. The van der Waals surface area contributed by atoms with E-state index in [1.54, 1.807) is 0 Å². The number of para-hydroxylation sites is 1. The van der Waals surface area contributed by atoms with Crippen molar-refractivity contribution in [3.05, 3.63) is 30.3 Å². The molecule has 2 rings (SSSR count). The summed E-state index contributed by atoms with van der Waals surface area (Å²) in [5.41, 5.74) is 1.17. The molecule has 1 saturated heterocycles. The summed E-state index contributed by atoms with van der Waals surface area (Å²) in [6.07, 6.45) is 5.21. The van der Waals surface area contributed by atoms with E-state index in [0.29, 0.717) is 0 Å². The maximum absolute atomic E-state index is 5.46. The number of anilines is 1. The van der Waals surface area contributed by atoms with Gasteiger partial charge in [-0.3, -0.25) is 4.90 Å². The molecule has 3 nitrogen and oxygen atoms in total. The predicted octanol–water partition coefficient (Wildman–Crippen LogP) is 3.81. The molecule has 1 aromatic carbocycles. The summed E-state index contributed by atoms with van der Waals surface area (Å²) in [4.78, 5) is 4.65. The fourth-order valence-corrected chi connectivity index (χ4v) is 3.03. The summed E-state index contributed by atoms with van der Waals surface area (Å²) < 4.78 is 0. The van der Waals surface area contributed by atoms with E-state index in [1.807, 2.05) is 6.07 Å². The van der Waals surface area contributed by atoms with E-state index in [0.717, 1.165) is 30.9 Å². The van der Waals surface area contributed by atoms with E-state index < -0.39 is 0 Å². The van der Waals surface area contributed by atoms with E-state index in [9.17, 15) is 0 Å². The Kier molecular flexibility index (Phi) is 6.46. The molecule has 1 aliphatic rings. The molecule has 21 heavy (non-hydrogen) atoms. The minimum Gasteiger partial charge on any atom is -0.349 e. The Bertz CT molecular complexity index is 435. The van der Waals surface area contributed by atoms with Gasteiger partial charge in [0.15, 0.2) is 5.11 Å². The van der Waals surface area contributed by atoms with Gasteiger partial charge in [0.05, 0.1) is 13.3 Å². The standard InChI is InChI=1S/C17H27N3S/c1-3-5-9-15(4-2)12-19-13-18-17(21)20(14-19)16-10-7-6-8-11-16/h6-8,10-11,15H,3-5,9,12-14H2,1-2H3,(H,18,21)/t15-/m1/s1. The second-order valence-corrected chi connectivity index (χ2v) is 6.20. The molecule has 0 unspecified atom stereocenters. The number of hydrogen-bond acceptors (Lipinski definition) is 2. The summed E-state index contributed by atoms with van der Waals surface area (Å²) in [6, 6.07) is 10.4. The first kappa shape index (κ1) is 16.2. The van der Waals surface area contributed by atoms with Crippen molar-refractivity contribution in [2.45, 2.75) is 39.5 Å². The molecule has 1 aromatic rings. The van der Waals surface area contributed by atoms with E-state index in [-0.39, 0.29) is 0 Å². The minimum absolute atomic E-state index is 0.788. The van der Waals surface area contributed by atoms with Crippen molar-refractivity contribution in [3.8, 4) is 0 Å². The van der Waals surface area contributed by atoms with Gasteiger partial charge in [-0.1, -0.05) is 51.3 Å². The molecule has 0 bridgehead atoms. The predicted molar refractivity (Wildman–Crippen MR) is 94.4 cm³/mol. The van der Waals surface area contributed by atoms with E-state index in [2.05, 4.69) is 53.2 Å². The maximum Gasteiger partial charge on any atom is 0.175 e. The van der Waals surface area contributed by atoms with Crippen molar-refractivity contribution in [2.75, 3.05) is 24.8 Å². The fraction of sp³-hybridized carbons (Fsp3) is 0.588. The maximum atomic E-state index is 5.46. The highest BCUT2D eigenvalue weighted by Gasteiger charge is 2.23. The van der Waals surface area contributed by atoms with Crippen LogP contribution in [0.1, 0.15) is 39.5 Å². The minimum atomic E-state index is 0.788. The summed E-state index contributed by atoms with van der Waals surface area (Å²) in [7, 11) is 0. The average Bonchev–Trinajstić information content (AvgIpc) is 2.53. The molecule has 0 saturated carbocycles. The molecular weight excluding hydrogens is 278 g/mol. The first-order valence-corrected chi connectivity index (χ1v) is 8.48. The van der Waals surface area contributed by atoms with E-state index in [4.69, 9.17) is 12.2 Å². The molecule has 1 atom stereocenters. The molecule has 0 aliphatic carbocycles. The topological polar surface area (TPSA) is 18.5 Å². The lowest BCUT2D eigenvalue weighted by Gasteiger charge is -2.39. The van der Waals surface area contributed by atoms with Gasteiger partial charge in [-0.15, -0.1) is 0 Å². The summed E-state index contributed by atoms with van der Waals surface area (Å²) in [6.45, 7) is 7.47. The Morgan fingerprint density at radius 2 is 2.00 bits per heavy atom. The smallest absolute Gasteiger partial charge is 0.175 e. The number of thiocarbonyl (C=S) groups is 1. The van der Waals surface area contributed by atoms with Crippen LogP contribution in [-0.4, -0.2) is 29.9 Å². The average molecular weight is 305 g/mol. The third-order valence-electron chi connectivity index (χ3n) is 4.17. The summed E-state index contributed by atoms with van der Waals surface area (Å²) in [5, 5.41) is 4.18. The second kappa shape index (κ2) is 8.35. The van der Waals surface area contributed by atoms with Crippen LogP contribution in [-0.2, 0) is 0 Å². The molecule has 0 aromatic heterocycles. The lowest BCUT2D eigenvalue weighted by Crippen LogP contribution is -2.57. The highest BCUT2D eigenvalue weighted by atomic mass is 32.1. The molecule has 0 spiro atoms. The highest BCUT2D eigenvalue weighted by molar-refractivity contribution is 7.80. The number of benzene rings is 1. The third-order valence-corrected chi connectivity index (χ3v) is 4.53. The first-order valence-electron chi connectivity index (χ1n) is 8.07. The largest absolute Gasteiger partial charge is 0.349 e. The van der Waals surface area contributed by atoms with Crippen molar-refractivity contribution in [1.82, 2.24) is 10.2 Å². The Morgan fingerprint density at radius 1 is 1.24 bits per heavy atom. The van der Waals surface area contributed by atoms with Crippen LogP contribution in [0.5, 0.6) is 0 Å². The van der Waals surface area contributed by atoms with Gasteiger partial charge in [0, 0.05) is 12.2 Å². The van der Waals surface area contributed by atoms with Gasteiger partial charge < -0.3 is 10.2 Å².